The molecule has 0 bridgehead atoms. The van der Waals surface area contributed by atoms with Crippen molar-refractivity contribution in [2.45, 2.75) is 56.1 Å². The van der Waals surface area contributed by atoms with Crippen LogP contribution in [0.2, 0.25) is 0 Å². The Morgan fingerprint density at radius 1 is 1.25 bits per heavy atom. The van der Waals surface area contributed by atoms with E-state index < -0.39 is 10.0 Å². The van der Waals surface area contributed by atoms with Gasteiger partial charge in [-0.1, -0.05) is 31.2 Å². The van der Waals surface area contributed by atoms with Crippen molar-refractivity contribution in [3.05, 3.63) is 41.3 Å². The van der Waals surface area contributed by atoms with Crippen molar-refractivity contribution >= 4 is 19.0 Å². The summed E-state index contributed by atoms with van der Waals surface area (Å²) in [5.74, 6) is 2.06. The third kappa shape index (κ3) is 3.21. The van der Waals surface area contributed by atoms with Gasteiger partial charge < -0.3 is 4.52 Å². The molecule has 0 N–H and O–H groups in total. The first-order valence-corrected chi connectivity index (χ1v) is 12.4. The van der Waals surface area contributed by atoms with E-state index in [1.807, 2.05) is 0 Å². The summed E-state index contributed by atoms with van der Waals surface area (Å²) in [5, 5.41) is 0. The lowest BCUT2D eigenvalue weighted by Gasteiger charge is -2.43. The topological polar surface area (TPSA) is 12.5 Å². The van der Waals surface area contributed by atoms with E-state index in [0.29, 0.717) is 21.1 Å². The molecule has 3 aliphatic rings. The third-order valence-corrected chi connectivity index (χ3v) is 11.1. The smallest absolute Gasteiger partial charge is 0.0898 e. The van der Waals surface area contributed by atoms with Gasteiger partial charge in [-0.05, 0) is 66.2 Å². The first-order valence-electron chi connectivity index (χ1n) is 9.35. The van der Waals surface area contributed by atoms with E-state index in [1.54, 1.807) is 9.80 Å². The molecule has 132 valence electrons. The fourth-order valence-corrected chi connectivity index (χ4v) is 9.16. The predicted molar refractivity (Wildman–Crippen MR) is 107 cm³/mol. The number of hydrogen-bond acceptors (Lipinski definition) is 2. The summed E-state index contributed by atoms with van der Waals surface area (Å²) in [5.41, 5.74) is 0. The van der Waals surface area contributed by atoms with E-state index in [1.165, 1.54) is 44.4 Å². The van der Waals surface area contributed by atoms with Crippen LogP contribution in [-0.2, 0) is 4.52 Å². The number of rotatable bonds is 4. The number of allylic oxidation sites excluding steroid dienone is 2. The van der Waals surface area contributed by atoms with Gasteiger partial charge in [0.25, 0.3) is 0 Å². The highest BCUT2D eigenvalue weighted by Crippen LogP contribution is 2.63. The molecular formula is C20H30NOPS. The maximum absolute atomic E-state index is 6.30. The van der Waals surface area contributed by atoms with Crippen molar-refractivity contribution in [1.29, 1.82) is 0 Å². The minimum atomic E-state index is -0.951. The van der Waals surface area contributed by atoms with Gasteiger partial charge in [-0.2, -0.15) is 10.0 Å². The van der Waals surface area contributed by atoms with E-state index in [-0.39, 0.29) is 0 Å². The maximum atomic E-state index is 6.30. The van der Waals surface area contributed by atoms with Crippen LogP contribution in [-0.4, -0.2) is 35.4 Å². The van der Waals surface area contributed by atoms with Crippen molar-refractivity contribution in [2.24, 2.45) is 5.92 Å². The Morgan fingerprint density at radius 3 is 2.83 bits per heavy atom. The van der Waals surface area contributed by atoms with Crippen molar-refractivity contribution in [2.75, 3.05) is 18.6 Å². The minimum Gasteiger partial charge on any atom is -0.341 e. The van der Waals surface area contributed by atoms with Crippen molar-refractivity contribution in [3.8, 4) is 0 Å². The molecule has 2 heterocycles. The quantitative estimate of drug-likeness (QED) is 0.650. The molecule has 0 radical (unpaired) electrons. The van der Waals surface area contributed by atoms with Gasteiger partial charge in [0.2, 0.25) is 0 Å². The molecule has 2 fully saturated rings. The highest BCUT2D eigenvalue weighted by molar-refractivity contribution is 8.36. The molecule has 0 aromatic heterocycles. The number of fused-ring (bicyclic) bond motifs is 1. The summed E-state index contributed by atoms with van der Waals surface area (Å²) >= 11 is 0. The zero-order chi connectivity index (χ0) is 16.6. The molecule has 1 aliphatic carbocycles. The van der Waals surface area contributed by atoms with E-state index in [4.69, 9.17) is 4.52 Å². The second kappa shape index (κ2) is 7.11. The second-order valence-corrected chi connectivity index (χ2v) is 12.3. The van der Waals surface area contributed by atoms with Gasteiger partial charge in [0.15, 0.2) is 0 Å². The normalized spacial score (nSPS) is 35.4. The van der Waals surface area contributed by atoms with E-state index >= 15 is 0 Å². The molecule has 5 atom stereocenters. The minimum absolute atomic E-state index is 0.436. The van der Waals surface area contributed by atoms with Crippen LogP contribution >= 0.6 is 19.0 Å². The van der Waals surface area contributed by atoms with Crippen LogP contribution in [0.25, 0.3) is 0 Å². The van der Waals surface area contributed by atoms with Crippen LogP contribution in [0.4, 0.5) is 0 Å². The molecule has 0 amide bonds. The summed E-state index contributed by atoms with van der Waals surface area (Å²) in [6.07, 6.45) is 12.1. The third-order valence-electron chi connectivity index (χ3n) is 6.02. The Bertz CT molecular complexity index is 607. The first-order chi connectivity index (χ1) is 11.7. The Labute approximate surface area is 150 Å². The summed E-state index contributed by atoms with van der Waals surface area (Å²) < 4.78 is 8.89. The van der Waals surface area contributed by atoms with Gasteiger partial charge in [0.05, 0.1) is 15.1 Å². The lowest BCUT2D eigenvalue weighted by molar-refractivity contribution is 0.238. The fourth-order valence-electron chi connectivity index (χ4n) is 4.41. The molecule has 4 rings (SSSR count). The fraction of sp³-hybridized carbons (Fsp3) is 0.600. The molecule has 2 aliphatic heterocycles. The number of benzene rings is 1. The molecule has 0 saturated carbocycles. The molecule has 1 aromatic carbocycles. The largest absolute Gasteiger partial charge is 0.341 e. The highest BCUT2D eigenvalue weighted by Gasteiger charge is 2.42. The van der Waals surface area contributed by atoms with Crippen LogP contribution in [0.5, 0.6) is 0 Å². The zero-order valence-corrected chi connectivity index (χ0v) is 16.7. The summed E-state index contributed by atoms with van der Waals surface area (Å²) in [6.45, 7) is 3.64. The lowest BCUT2D eigenvalue weighted by Crippen LogP contribution is -2.32. The monoisotopic (exact) mass is 363 g/mol. The average Bonchev–Trinajstić information content (AvgIpc) is 3.21. The van der Waals surface area contributed by atoms with Crippen LogP contribution in [0, 0.1) is 5.92 Å². The van der Waals surface area contributed by atoms with E-state index in [9.17, 15) is 0 Å². The Balaban J connectivity index is 1.63. The van der Waals surface area contributed by atoms with Crippen molar-refractivity contribution in [1.82, 2.24) is 4.67 Å². The zero-order valence-electron chi connectivity index (χ0n) is 14.9. The van der Waals surface area contributed by atoms with Crippen molar-refractivity contribution < 1.29 is 4.52 Å². The summed E-state index contributed by atoms with van der Waals surface area (Å²) in [6, 6.07) is 12.0. The Kier molecular flexibility index (Phi) is 5.07. The summed E-state index contributed by atoms with van der Waals surface area (Å²) in [7, 11) is -0.352. The lowest BCUT2D eigenvalue weighted by atomic mass is 9.96. The van der Waals surface area contributed by atoms with Crippen LogP contribution in [0.3, 0.4) is 0 Å². The maximum Gasteiger partial charge on any atom is 0.0898 e. The van der Waals surface area contributed by atoms with Gasteiger partial charge in [-0.15, -0.1) is 0 Å². The highest BCUT2D eigenvalue weighted by atomic mass is 32.3. The van der Waals surface area contributed by atoms with Crippen LogP contribution in [0.15, 0.2) is 46.2 Å². The molecule has 24 heavy (non-hydrogen) atoms. The molecule has 5 unspecified atom stereocenters. The van der Waals surface area contributed by atoms with Gasteiger partial charge in [0.1, 0.15) is 0 Å². The number of nitrogens with zero attached hydrogens (tertiary/aromatic N) is 1. The molecule has 4 heteroatoms. The van der Waals surface area contributed by atoms with Gasteiger partial charge in [-0.3, -0.25) is 4.67 Å². The van der Waals surface area contributed by atoms with Crippen molar-refractivity contribution in [3.63, 3.8) is 0 Å². The van der Waals surface area contributed by atoms with Gasteiger partial charge in [0, 0.05) is 18.3 Å². The van der Waals surface area contributed by atoms with Crippen LogP contribution in [0.1, 0.15) is 39.0 Å². The van der Waals surface area contributed by atoms with Gasteiger partial charge >= 0.3 is 0 Å². The van der Waals surface area contributed by atoms with Crippen LogP contribution < -0.4 is 0 Å². The van der Waals surface area contributed by atoms with E-state index in [2.05, 4.69) is 54.3 Å². The molecule has 1 aromatic rings. The van der Waals surface area contributed by atoms with Gasteiger partial charge in [-0.25, -0.2) is 0 Å². The first kappa shape index (κ1) is 17.1. The molecule has 2 nitrogen and oxygen atoms in total. The SMILES string of the molecule is CC1CC=C(S(C)(CC2OPN3CCCC23)c2ccccc2)CC1. The van der Waals surface area contributed by atoms with E-state index in [0.717, 1.165) is 5.92 Å². The Morgan fingerprint density at radius 2 is 2.08 bits per heavy atom. The summed E-state index contributed by atoms with van der Waals surface area (Å²) in [4.78, 5) is 3.28. The second-order valence-electron chi connectivity index (χ2n) is 7.77. The molecule has 2 saturated heterocycles. The standard InChI is InChI=1S/C20H30NOPS/c1-16-10-12-18(13-11-16)24(2,17-7-4-3-5-8-17)15-20-19-9-6-14-21(19)23-22-20/h3-5,7-8,12,16,19-20,23H,6,9-11,13-15H2,1-2H3. The molecular weight excluding hydrogens is 333 g/mol. The number of hydrogen-bond donors (Lipinski definition) is 0. The average molecular weight is 364 g/mol. The molecule has 0 spiro atoms. The predicted octanol–water partition coefficient (Wildman–Crippen LogP) is 5.56. The Hall–Kier alpha value is -0.340.